The molecule has 1 atom stereocenters. The number of benzene rings is 1. The highest BCUT2D eigenvalue weighted by Crippen LogP contribution is 2.42. The van der Waals surface area contributed by atoms with Crippen LogP contribution < -0.4 is 19.5 Å². The number of carboxylic acid groups (broad SMARTS) is 1. The van der Waals surface area contributed by atoms with Crippen molar-refractivity contribution in [2.75, 3.05) is 21.3 Å². The van der Waals surface area contributed by atoms with Crippen LogP contribution >= 0.6 is 0 Å². The van der Waals surface area contributed by atoms with Crippen molar-refractivity contribution < 1.29 is 42.1 Å². The second-order valence-corrected chi connectivity index (χ2v) is 4.17. The lowest BCUT2D eigenvalue weighted by molar-refractivity contribution is -0.175. The highest BCUT2D eigenvalue weighted by Gasteiger charge is 2.42. The van der Waals surface area contributed by atoms with Crippen LogP contribution in [0.15, 0.2) is 12.1 Å². The Balaban J connectivity index is 3.38. The molecule has 1 amide bonds. The third-order valence-corrected chi connectivity index (χ3v) is 2.83. The molecule has 0 aliphatic carbocycles. The van der Waals surface area contributed by atoms with E-state index in [1.165, 1.54) is 32.7 Å². The highest BCUT2D eigenvalue weighted by molar-refractivity contribution is 5.88. The fourth-order valence-corrected chi connectivity index (χ4v) is 1.84. The number of carbonyl (C=O) groups is 2. The van der Waals surface area contributed by atoms with Crippen molar-refractivity contribution in [1.29, 1.82) is 0 Å². The van der Waals surface area contributed by atoms with Crippen molar-refractivity contribution in [2.24, 2.45) is 0 Å². The maximum atomic E-state index is 12.4. The molecule has 0 saturated heterocycles. The van der Waals surface area contributed by atoms with Gasteiger partial charge in [-0.1, -0.05) is 0 Å². The van der Waals surface area contributed by atoms with Crippen LogP contribution in [0.25, 0.3) is 0 Å². The smallest absolute Gasteiger partial charge is 0.471 e. The Hall–Kier alpha value is -2.65. The maximum Gasteiger partial charge on any atom is 0.471 e. The van der Waals surface area contributed by atoms with Crippen LogP contribution in [0, 0.1) is 0 Å². The molecule has 1 aromatic carbocycles. The van der Waals surface area contributed by atoms with E-state index in [1.54, 1.807) is 0 Å². The van der Waals surface area contributed by atoms with E-state index in [0.717, 1.165) is 6.07 Å². The number of aliphatic carboxylic acids is 1. The SMILES string of the molecule is COc1ccc(C(NC(=O)C(F)(F)F)C(=O)O)c(OC)c1OC. The molecule has 1 rings (SSSR count). The first-order chi connectivity index (χ1) is 10.7. The molecule has 23 heavy (non-hydrogen) atoms. The summed E-state index contributed by atoms with van der Waals surface area (Å²) in [4.78, 5) is 22.3. The molecule has 10 heteroatoms. The van der Waals surface area contributed by atoms with Gasteiger partial charge in [-0.05, 0) is 12.1 Å². The summed E-state index contributed by atoms with van der Waals surface area (Å²) in [6.45, 7) is 0. The molecular weight excluding hydrogens is 323 g/mol. The minimum atomic E-state index is -5.22. The minimum Gasteiger partial charge on any atom is -0.493 e. The van der Waals surface area contributed by atoms with Crippen LogP contribution in [0.2, 0.25) is 0 Å². The maximum absolute atomic E-state index is 12.4. The lowest BCUT2D eigenvalue weighted by Gasteiger charge is -2.21. The first kappa shape index (κ1) is 18.4. The van der Waals surface area contributed by atoms with E-state index in [1.807, 2.05) is 0 Å². The molecule has 7 nitrogen and oxygen atoms in total. The molecule has 0 heterocycles. The van der Waals surface area contributed by atoms with Crippen LogP contribution in [0.5, 0.6) is 17.2 Å². The number of hydrogen-bond donors (Lipinski definition) is 2. The number of carboxylic acids is 1. The van der Waals surface area contributed by atoms with Gasteiger partial charge in [0.05, 0.1) is 21.3 Å². The molecule has 2 N–H and O–H groups in total. The number of amides is 1. The Morgan fingerprint density at radius 3 is 2.04 bits per heavy atom. The van der Waals surface area contributed by atoms with Crippen molar-refractivity contribution >= 4 is 11.9 Å². The number of nitrogens with one attached hydrogen (secondary N) is 1. The normalized spacial score (nSPS) is 12.3. The first-order valence-corrected chi connectivity index (χ1v) is 6.06. The standard InChI is InChI=1S/C13H14F3NO6/c1-21-7-5-4-6(9(22-2)10(7)23-3)8(11(18)19)17-12(20)13(14,15)16/h4-5,8H,1-3H3,(H,17,20)(H,18,19). The summed E-state index contributed by atoms with van der Waals surface area (Å²) in [5, 5.41) is 10.5. The van der Waals surface area contributed by atoms with E-state index in [4.69, 9.17) is 19.3 Å². The number of carbonyl (C=O) groups excluding carboxylic acids is 1. The summed E-state index contributed by atoms with van der Waals surface area (Å²) in [7, 11) is 3.73. The van der Waals surface area contributed by atoms with Gasteiger partial charge in [-0.15, -0.1) is 0 Å². The number of alkyl halides is 3. The van der Waals surface area contributed by atoms with Gasteiger partial charge in [0, 0.05) is 5.56 Å². The van der Waals surface area contributed by atoms with E-state index in [0.29, 0.717) is 0 Å². The predicted molar refractivity (Wildman–Crippen MR) is 70.7 cm³/mol. The van der Waals surface area contributed by atoms with Crippen molar-refractivity contribution in [3.05, 3.63) is 17.7 Å². The van der Waals surface area contributed by atoms with Gasteiger partial charge < -0.3 is 24.6 Å². The lowest BCUT2D eigenvalue weighted by Crippen LogP contribution is -2.42. The van der Waals surface area contributed by atoms with E-state index < -0.39 is 24.1 Å². The van der Waals surface area contributed by atoms with Gasteiger partial charge in [0.1, 0.15) is 0 Å². The van der Waals surface area contributed by atoms with Crippen LogP contribution in [-0.2, 0) is 9.59 Å². The van der Waals surface area contributed by atoms with Gasteiger partial charge >= 0.3 is 18.1 Å². The third kappa shape index (κ3) is 3.96. The van der Waals surface area contributed by atoms with Crippen molar-refractivity contribution in [3.8, 4) is 17.2 Å². The van der Waals surface area contributed by atoms with E-state index in [2.05, 4.69) is 0 Å². The van der Waals surface area contributed by atoms with Crippen LogP contribution in [0.1, 0.15) is 11.6 Å². The molecule has 0 spiro atoms. The Labute approximate surface area is 128 Å². The van der Waals surface area contributed by atoms with Crippen LogP contribution in [0.3, 0.4) is 0 Å². The summed E-state index contributed by atoms with van der Waals surface area (Å²) in [5.41, 5.74) is -0.227. The van der Waals surface area contributed by atoms with E-state index >= 15 is 0 Å². The van der Waals surface area contributed by atoms with Crippen molar-refractivity contribution in [2.45, 2.75) is 12.2 Å². The molecule has 0 bridgehead atoms. The number of methoxy groups -OCH3 is 3. The average Bonchev–Trinajstić information content (AvgIpc) is 2.49. The third-order valence-electron chi connectivity index (χ3n) is 2.83. The fourth-order valence-electron chi connectivity index (χ4n) is 1.84. The zero-order valence-electron chi connectivity index (χ0n) is 12.4. The van der Waals surface area contributed by atoms with Crippen LogP contribution in [-0.4, -0.2) is 44.5 Å². The first-order valence-electron chi connectivity index (χ1n) is 6.06. The molecule has 0 saturated carbocycles. The molecular formula is C13H14F3NO6. The largest absolute Gasteiger partial charge is 0.493 e. The van der Waals surface area contributed by atoms with Crippen molar-refractivity contribution in [3.63, 3.8) is 0 Å². The Bertz CT molecular complexity index is 602. The molecule has 0 aliphatic rings. The summed E-state index contributed by atoms with van der Waals surface area (Å²) in [5.74, 6) is -4.09. The zero-order valence-corrected chi connectivity index (χ0v) is 12.4. The second kappa shape index (κ2) is 7.07. The quantitative estimate of drug-likeness (QED) is 0.817. The van der Waals surface area contributed by atoms with Gasteiger partial charge in [0.2, 0.25) is 5.75 Å². The molecule has 1 aromatic rings. The van der Waals surface area contributed by atoms with Crippen molar-refractivity contribution in [1.82, 2.24) is 5.32 Å². The fraction of sp³-hybridized carbons (Fsp3) is 0.385. The summed E-state index contributed by atoms with van der Waals surface area (Å²) in [6, 6.07) is 0.459. The molecule has 1 unspecified atom stereocenters. The summed E-state index contributed by atoms with van der Waals surface area (Å²) >= 11 is 0. The molecule has 0 fully saturated rings. The average molecular weight is 337 g/mol. The second-order valence-electron chi connectivity index (χ2n) is 4.17. The number of halogens is 3. The highest BCUT2D eigenvalue weighted by atomic mass is 19.4. The number of rotatable bonds is 6. The summed E-state index contributed by atoms with van der Waals surface area (Å²) < 4.78 is 52.1. The van der Waals surface area contributed by atoms with E-state index in [-0.39, 0.29) is 22.8 Å². The summed E-state index contributed by atoms with van der Waals surface area (Å²) in [6.07, 6.45) is -5.22. The number of ether oxygens (including phenoxy) is 3. The zero-order chi connectivity index (χ0) is 17.8. The Morgan fingerprint density at radius 1 is 1.09 bits per heavy atom. The Kier molecular flexibility index (Phi) is 5.66. The van der Waals surface area contributed by atoms with Gasteiger partial charge in [0.25, 0.3) is 0 Å². The van der Waals surface area contributed by atoms with Gasteiger partial charge in [-0.2, -0.15) is 13.2 Å². The minimum absolute atomic E-state index is 0.0139. The molecule has 0 aliphatic heterocycles. The van der Waals surface area contributed by atoms with E-state index in [9.17, 15) is 22.8 Å². The Morgan fingerprint density at radius 2 is 1.65 bits per heavy atom. The topological polar surface area (TPSA) is 94.1 Å². The van der Waals surface area contributed by atoms with Gasteiger partial charge in [-0.3, -0.25) is 4.79 Å². The molecule has 0 radical (unpaired) electrons. The number of hydrogen-bond acceptors (Lipinski definition) is 5. The predicted octanol–water partition coefficient (Wildman–Crippen LogP) is 1.52. The monoisotopic (exact) mass is 337 g/mol. The molecule has 0 aromatic heterocycles. The van der Waals surface area contributed by atoms with Gasteiger partial charge in [-0.25, -0.2) is 4.79 Å². The van der Waals surface area contributed by atoms with Gasteiger partial charge in [0.15, 0.2) is 17.5 Å². The molecule has 128 valence electrons. The van der Waals surface area contributed by atoms with Crippen LogP contribution in [0.4, 0.5) is 13.2 Å². The lowest BCUT2D eigenvalue weighted by atomic mass is 10.0.